The van der Waals surface area contributed by atoms with Crippen LogP contribution < -0.4 is 4.72 Å². The van der Waals surface area contributed by atoms with Crippen molar-refractivity contribution < 1.29 is 17.6 Å². The van der Waals surface area contributed by atoms with Crippen LogP contribution in [-0.2, 0) is 27.8 Å². The number of nitrogens with zero attached hydrogens (tertiary/aromatic N) is 2. The van der Waals surface area contributed by atoms with E-state index in [0.29, 0.717) is 19.1 Å². The Morgan fingerprint density at radius 2 is 2.11 bits per heavy atom. The molecule has 3 heterocycles. The zero-order chi connectivity index (χ0) is 19.0. The standard InChI is InChI=1S/C18H20FN3O3S2/c19-14-2-1-3-16(8-14)27(24,25)20-9-18(23)22-11-15(12-22)21-6-4-17-13(10-21)5-7-26-17/h1-3,5,7-8,15,20H,4,6,9-12H2. The van der Waals surface area contributed by atoms with Crippen molar-refractivity contribution in [2.24, 2.45) is 0 Å². The molecule has 6 nitrogen and oxygen atoms in total. The summed E-state index contributed by atoms with van der Waals surface area (Å²) in [7, 11) is -3.90. The molecule has 1 N–H and O–H groups in total. The van der Waals surface area contributed by atoms with Gasteiger partial charge in [0.15, 0.2) is 0 Å². The lowest BCUT2D eigenvalue weighted by atomic mass is 10.0. The molecule has 0 atom stereocenters. The second-order valence-corrected chi connectivity index (χ2v) is 9.59. The molecule has 27 heavy (non-hydrogen) atoms. The Balaban J connectivity index is 1.27. The van der Waals surface area contributed by atoms with E-state index in [0.717, 1.165) is 25.6 Å². The van der Waals surface area contributed by atoms with Gasteiger partial charge in [0, 0.05) is 37.1 Å². The van der Waals surface area contributed by atoms with Crippen LogP contribution in [0.2, 0.25) is 0 Å². The maximum atomic E-state index is 13.2. The number of likely N-dealkylation sites (tertiary alicyclic amines) is 1. The highest BCUT2D eigenvalue weighted by Crippen LogP contribution is 2.27. The maximum Gasteiger partial charge on any atom is 0.241 e. The minimum Gasteiger partial charge on any atom is -0.338 e. The number of fused-ring (bicyclic) bond motifs is 1. The Bertz CT molecular complexity index is 954. The average molecular weight is 410 g/mol. The van der Waals surface area contributed by atoms with Gasteiger partial charge in [0.2, 0.25) is 15.9 Å². The van der Waals surface area contributed by atoms with Gasteiger partial charge in [-0.1, -0.05) is 6.07 Å². The summed E-state index contributed by atoms with van der Waals surface area (Å²) in [5.41, 5.74) is 1.37. The fraction of sp³-hybridized carbons (Fsp3) is 0.389. The smallest absolute Gasteiger partial charge is 0.241 e. The monoisotopic (exact) mass is 409 g/mol. The molecule has 0 spiro atoms. The Kier molecular flexibility index (Phi) is 5.02. The summed E-state index contributed by atoms with van der Waals surface area (Å²) in [4.78, 5) is 17.6. The van der Waals surface area contributed by atoms with Crippen molar-refractivity contribution in [1.29, 1.82) is 0 Å². The first-order chi connectivity index (χ1) is 12.9. The molecule has 0 radical (unpaired) electrons. The molecule has 0 bridgehead atoms. The van der Waals surface area contributed by atoms with Crippen LogP contribution in [0.1, 0.15) is 10.4 Å². The van der Waals surface area contributed by atoms with E-state index < -0.39 is 15.8 Å². The molecule has 1 amide bonds. The minimum absolute atomic E-state index is 0.184. The maximum absolute atomic E-state index is 13.2. The van der Waals surface area contributed by atoms with Crippen LogP contribution in [0.5, 0.6) is 0 Å². The van der Waals surface area contributed by atoms with E-state index in [4.69, 9.17) is 0 Å². The van der Waals surface area contributed by atoms with Crippen LogP contribution >= 0.6 is 11.3 Å². The predicted molar refractivity (Wildman–Crippen MR) is 100 cm³/mol. The molecule has 2 aliphatic heterocycles. The molecule has 1 fully saturated rings. The summed E-state index contributed by atoms with van der Waals surface area (Å²) in [5.74, 6) is -0.899. The topological polar surface area (TPSA) is 69.7 Å². The van der Waals surface area contributed by atoms with Crippen LogP contribution in [0.4, 0.5) is 4.39 Å². The number of hydrogen-bond donors (Lipinski definition) is 1. The Morgan fingerprint density at radius 1 is 1.30 bits per heavy atom. The van der Waals surface area contributed by atoms with E-state index >= 15 is 0 Å². The van der Waals surface area contributed by atoms with Crippen molar-refractivity contribution in [2.45, 2.75) is 23.9 Å². The minimum atomic E-state index is -3.90. The fourth-order valence-corrected chi connectivity index (χ4v) is 5.35. The number of rotatable bonds is 5. The number of amides is 1. The lowest BCUT2D eigenvalue weighted by Crippen LogP contribution is -2.62. The van der Waals surface area contributed by atoms with Crippen molar-refractivity contribution >= 4 is 27.3 Å². The lowest BCUT2D eigenvalue weighted by molar-refractivity contribution is -0.137. The molecule has 1 aromatic heterocycles. The third-order valence-corrected chi connectivity index (χ3v) is 7.51. The van der Waals surface area contributed by atoms with Crippen LogP contribution in [0, 0.1) is 5.82 Å². The van der Waals surface area contributed by atoms with E-state index in [-0.39, 0.29) is 17.3 Å². The van der Waals surface area contributed by atoms with Gasteiger partial charge in [0.1, 0.15) is 5.82 Å². The number of carbonyl (C=O) groups excluding carboxylic acids is 1. The highest BCUT2D eigenvalue weighted by atomic mass is 32.2. The number of benzene rings is 1. The number of sulfonamides is 1. The van der Waals surface area contributed by atoms with Crippen molar-refractivity contribution in [1.82, 2.24) is 14.5 Å². The number of carbonyl (C=O) groups is 1. The first kappa shape index (κ1) is 18.5. The van der Waals surface area contributed by atoms with Gasteiger partial charge in [0.25, 0.3) is 0 Å². The third-order valence-electron chi connectivity index (χ3n) is 5.09. The summed E-state index contributed by atoms with van der Waals surface area (Å²) >= 11 is 1.80. The summed E-state index contributed by atoms with van der Waals surface area (Å²) in [5, 5.41) is 2.12. The molecule has 2 aromatic rings. The van der Waals surface area contributed by atoms with E-state index in [9.17, 15) is 17.6 Å². The zero-order valence-electron chi connectivity index (χ0n) is 14.6. The zero-order valence-corrected chi connectivity index (χ0v) is 16.2. The van der Waals surface area contributed by atoms with E-state index in [1.165, 1.54) is 28.6 Å². The van der Waals surface area contributed by atoms with Crippen molar-refractivity contribution in [3.05, 3.63) is 52.0 Å². The highest BCUT2D eigenvalue weighted by molar-refractivity contribution is 7.89. The Labute approximate surface area is 161 Å². The summed E-state index contributed by atoms with van der Waals surface area (Å²) in [6, 6.07) is 7.20. The van der Waals surface area contributed by atoms with Gasteiger partial charge < -0.3 is 4.90 Å². The molecule has 2 aliphatic rings. The highest BCUT2D eigenvalue weighted by Gasteiger charge is 2.36. The van der Waals surface area contributed by atoms with E-state index in [2.05, 4.69) is 21.1 Å². The number of nitrogens with one attached hydrogen (secondary N) is 1. The van der Waals surface area contributed by atoms with Gasteiger partial charge in [-0.05, 0) is 41.6 Å². The van der Waals surface area contributed by atoms with E-state index in [1.807, 2.05) is 0 Å². The molecule has 144 valence electrons. The summed E-state index contributed by atoms with van der Waals surface area (Å²) in [6.07, 6.45) is 1.05. The summed E-state index contributed by atoms with van der Waals surface area (Å²) in [6.45, 7) is 2.81. The second kappa shape index (κ2) is 7.31. The quantitative estimate of drug-likeness (QED) is 0.811. The second-order valence-electron chi connectivity index (χ2n) is 6.82. The van der Waals surface area contributed by atoms with Gasteiger partial charge in [-0.25, -0.2) is 17.5 Å². The number of hydrogen-bond acceptors (Lipinski definition) is 5. The molecular weight excluding hydrogens is 389 g/mol. The normalized spacial score (nSPS) is 18.2. The molecule has 1 saturated heterocycles. The molecule has 1 aromatic carbocycles. The number of thiophene rings is 1. The fourth-order valence-electron chi connectivity index (χ4n) is 3.46. The van der Waals surface area contributed by atoms with Crippen molar-refractivity contribution in [3.63, 3.8) is 0 Å². The molecular formula is C18H20FN3O3S2. The average Bonchev–Trinajstić information content (AvgIpc) is 3.07. The van der Waals surface area contributed by atoms with Crippen LogP contribution in [0.25, 0.3) is 0 Å². The Hall–Kier alpha value is -1.81. The molecule has 4 rings (SSSR count). The largest absolute Gasteiger partial charge is 0.338 e. The van der Waals surface area contributed by atoms with Gasteiger partial charge in [-0.2, -0.15) is 0 Å². The number of halogens is 1. The first-order valence-electron chi connectivity index (χ1n) is 8.75. The van der Waals surface area contributed by atoms with Gasteiger partial charge in [-0.15, -0.1) is 11.3 Å². The molecule has 0 aliphatic carbocycles. The van der Waals surface area contributed by atoms with E-state index in [1.54, 1.807) is 16.2 Å². The van der Waals surface area contributed by atoms with Crippen LogP contribution in [0.15, 0.2) is 40.6 Å². The third kappa shape index (κ3) is 3.91. The van der Waals surface area contributed by atoms with Crippen LogP contribution in [0.3, 0.4) is 0 Å². The SMILES string of the molecule is O=C(CNS(=O)(=O)c1cccc(F)c1)N1CC(N2CCc3sccc3C2)C1. The van der Waals surface area contributed by atoms with Crippen molar-refractivity contribution in [3.8, 4) is 0 Å². The lowest BCUT2D eigenvalue weighted by Gasteiger charge is -2.46. The van der Waals surface area contributed by atoms with Crippen LogP contribution in [-0.4, -0.2) is 56.3 Å². The molecule has 9 heteroatoms. The Morgan fingerprint density at radius 3 is 2.89 bits per heavy atom. The van der Waals surface area contributed by atoms with Gasteiger partial charge in [-0.3, -0.25) is 9.69 Å². The predicted octanol–water partition coefficient (Wildman–Crippen LogP) is 1.43. The first-order valence-corrected chi connectivity index (χ1v) is 11.1. The van der Waals surface area contributed by atoms with Gasteiger partial charge in [0.05, 0.1) is 11.4 Å². The summed E-state index contributed by atoms with van der Waals surface area (Å²) < 4.78 is 39.8. The van der Waals surface area contributed by atoms with Gasteiger partial charge >= 0.3 is 0 Å². The molecule has 0 saturated carbocycles. The molecule has 0 unspecified atom stereocenters. The van der Waals surface area contributed by atoms with Crippen molar-refractivity contribution in [2.75, 3.05) is 26.2 Å².